The zero-order valence-corrected chi connectivity index (χ0v) is 9.98. The van der Waals surface area contributed by atoms with Gasteiger partial charge in [-0.1, -0.05) is 6.58 Å². The topological polar surface area (TPSA) is 39.1 Å². The summed E-state index contributed by atoms with van der Waals surface area (Å²) >= 11 is 0. The van der Waals surface area contributed by atoms with E-state index in [4.69, 9.17) is 4.74 Å². The fourth-order valence-electron chi connectivity index (χ4n) is 1.47. The molecule has 4 heteroatoms. The predicted octanol–water partition coefficient (Wildman–Crippen LogP) is 1.89. The lowest BCUT2D eigenvalue weighted by atomic mass is 10.2. The van der Waals surface area contributed by atoms with Gasteiger partial charge in [-0.25, -0.2) is 4.68 Å². The van der Waals surface area contributed by atoms with Gasteiger partial charge in [0.25, 0.3) is 0 Å². The number of aromatic nitrogens is 2. The molecular formula is C12H21N3O. The number of unbranched alkanes of at least 4 members (excludes halogenated alkanes) is 2. The van der Waals surface area contributed by atoms with E-state index in [1.807, 2.05) is 12.4 Å². The molecule has 0 fully saturated rings. The number of hydrogen-bond acceptors (Lipinski definition) is 3. The second-order valence-electron chi connectivity index (χ2n) is 3.74. The minimum atomic E-state index is 0.867. The Kier molecular flexibility index (Phi) is 6.53. The lowest BCUT2D eigenvalue weighted by Crippen LogP contribution is -2.14. The van der Waals surface area contributed by atoms with Crippen molar-refractivity contribution in [1.29, 1.82) is 0 Å². The van der Waals surface area contributed by atoms with E-state index in [9.17, 15) is 0 Å². The maximum absolute atomic E-state index is 4.99. The van der Waals surface area contributed by atoms with E-state index in [0.717, 1.165) is 26.1 Å². The van der Waals surface area contributed by atoms with Crippen molar-refractivity contribution in [3.63, 3.8) is 0 Å². The van der Waals surface area contributed by atoms with Crippen LogP contribution in [0, 0.1) is 0 Å². The second-order valence-corrected chi connectivity index (χ2v) is 3.74. The average Bonchev–Trinajstić information content (AvgIpc) is 2.76. The van der Waals surface area contributed by atoms with Crippen molar-refractivity contribution in [3.05, 3.63) is 24.5 Å². The molecule has 1 aromatic heterocycles. The molecule has 16 heavy (non-hydrogen) atoms. The zero-order valence-electron chi connectivity index (χ0n) is 9.98. The normalized spacial score (nSPS) is 10.6. The van der Waals surface area contributed by atoms with Crippen LogP contribution in [-0.2, 0) is 11.3 Å². The Morgan fingerprint density at radius 2 is 2.38 bits per heavy atom. The number of nitrogens with one attached hydrogen (secondary N) is 1. The molecule has 0 radical (unpaired) electrons. The van der Waals surface area contributed by atoms with Gasteiger partial charge in [0.15, 0.2) is 0 Å². The van der Waals surface area contributed by atoms with Crippen molar-refractivity contribution in [1.82, 2.24) is 15.1 Å². The number of hydrogen-bond donors (Lipinski definition) is 1. The van der Waals surface area contributed by atoms with Crippen LogP contribution in [0.25, 0.3) is 6.20 Å². The van der Waals surface area contributed by atoms with Crippen LogP contribution in [0.3, 0.4) is 0 Å². The van der Waals surface area contributed by atoms with Crippen molar-refractivity contribution in [2.75, 3.05) is 20.3 Å². The molecule has 90 valence electrons. The minimum Gasteiger partial charge on any atom is -0.385 e. The minimum absolute atomic E-state index is 0.867. The first kappa shape index (κ1) is 12.9. The molecule has 1 heterocycles. The molecular weight excluding hydrogens is 202 g/mol. The van der Waals surface area contributed by atoms with Gasteiger partial charge in [-0.2, -0.15) is 5.10 Å². The highest BCUT2D eigenvalue weighted by Gasteiger charge is 1.95. The van der Waals surface area contributed by atoms with E-state index in [0.29, 0.717) is 0 Å². The molecule has 0 unspecified atom stereocenters. The van der Waals surface area contributed by atoms with Crippen molar-refractivity contribution in [2.45, 2.75) is 25.8 Å². The molecule has 0 saturated heterocycles. The first-order chi connectivity index (χ1) is 7.86. The van der Waals surface area contributed by atoms with Crippen LogP contribution in [0.4, 0.5) is 0 Å². The van der Waals surface area contributed by atoms with Crippen LogP contribution < -0.4 is 5.32 Å². The van der Waals surface area contributed by atoms with Crippen LogP contribution >= 0.6 is 0 Å². The van der Waals surface area contributed by atoms with E-state index < -0.39 is 0 Å². The first-order valence-corrected chi connectivity index (χ1v) is 5.72. The zero-order chi connectivity index (χ0) is 11.6. The summed E-state index contributed by atoms with van der Waals surface area (Å²) in [5.41, 5.74) is 1.19. The third-order valence-electron chi connectivity index (χ3n) is 2.37. The second kappa shape index (κ2) is 8.07. The van der Waals surface area contributed by atoms with Crippen LogP contribution in [0.15, 0.2) is 19.0 Å². The maximum atomic E-state index is 4.99. The van der Waals surface area contributed by atoms with Crippen LogP contribution in [0.5, 0.6) is 0 Å². The van der Waals surface area contributed by atoms with E-state index in [1.165, 1.54) is 18.4 Å². The van der Waals surface area contributed by atoms with Crippen molar-refractivity contribution in [2.24, 2.45) is 0 Å². The SMILES string of the molecule is C=Cn1cc(CNCCCCCOC)cn1. The molecule has 0 spiro atoms. The van der Waals surface area contributed by atoms with Gasteiger partial charge in [-0.3, -0.25) is 0 Å². The van der Waals surface area contributed by atoms with Gasteiger partial charge in [0.1, 0.15) is 0 Å². The van der Waals surface area contributed by atoms with E-state index in [2.05, 4.69) is 17.0 Å². The van der Waals surface area contributed by atoms with Gasteiger partial charge in [-0.05, 0) is 25.8 Å². The molecule has 0 saturated carbocycles. The fourth-order valence-corrected chi connectivity index (χ4v) is 1.47. The lowest BCUT2D eigenvalue weighted by Gasteiger charge is -2.02. The first-order valence-electron chi connectivity index (χ1n) is 5.72. The molecule has 1 aromatic rings. The Hall–Kier alpha value is -1.13. The number of rotatable bonds is 9. The van der Waals surface area contributed by atoms with Gasteiger partial charge in [0, 0.05) is 38.2 Å². The maximum Gasteiger partial charge on any atom is 0.0538 e. The van der Waals surface area contributed by atoms with Crippen molar-refractivity contribution in [3.8, 4) is 0 Å². The standard InChI is InChI=1S/C12H21N3O/c1-3-15-11-12(10-14-15)9-13-7-5-4-6-8-16-2/h3,10-11,13H,1,4-9H2,2H3. The summed E-state index contributed by atoms with van der Waals surface area (Å²) in [6, 6.07) is 0. The van der Waals surface area contributed by atoms with E-state index >= 15 is 0 Å². The highest BCUT2D eigenvalue weighted by atomic mass is 16.5. The van der Waals surface area contributed by atoms with Crippen LogP contribution in [0.1, 0.15) is 24.8 Å². The average molecular weight is 223 g/mol. The fraction of sp³-hybridized carbons (Fsp3) is 0.583. The third kappa shape index (κ3) is 5.09. The molecule has 4 nitrogen and oxygen atoms in total. The lowest BCUT2D eigenvalue weighted by molar-refractivity contribution is 0.192. The monoisotopic (exact) mass is 223 g/mol. The molecule has 0 bridgehead atoms. The molecule has 1 rings (SSSR count). The summed E-state index contributed by atoms with van der Waals surface area (Å²) < 4.78 is 6.71. The van der Waals surface area contributed by atoms with Gasteiger partial charge in [-0.15, -0.1) is 0 Å². The Labute approximate surface area is 97.3 Å². The van der Waals surface area contributed by atoms with Crippen LogP contribution in [0.2, 0.25) is 0 Å². The molecule has 0 aromatic carbocycles. The summed E-state index contributed by atoms with van der Waals surface area (Å²) in [5.74, 6) is 0. The highest BCUT2D eigenvalue weighted by Crippen LogP contribution is 1.98. The summed E-state index contributed by atoms with van der Waals surface area (Å²) in [7, 11) is 1.75. The summed E-state index contributed by atoms with van der Waals surface area (Å²) in [6.07, 6.45) is 9.08. The summed E-state index contributed by atoms with van der Waals surface area (Å²) in [6.45, 7) is 6.44. The molecule has 0 aliphatic heterocycles. The largest absolute Gasteiger partial charge is 0.385 e. The molecule has 1 N–H and O–H groups in total. The number of methoxy groups -OCH3 is 1. The molecule has 0 aliphatic rings. The predicted molar refractivity (Wildman–Crippen MR) is 66.0 cm³/mol. The Bertz CT molecular complexity index is 296. The van der Waals surface area contributed by atoms with Gasteiger partial charge >= 0.3 is 0 Å². The Morgan fingerprint density at radius 1 is 1.50 bits per heavy atom. The summed E-state index contributed by atoms with van der Waals surface area (Å²) in [5, 5.41) is 7.50. The number of ether oxygens (including phenoxy) is 1. The smallest absolute Gasteiger partial charge is 0.0538 e. The van der Waals surface area contributed by atoms with Crippen LogP contribution in [-0.4, -0.2) is 30.0 Å². The highest BCUT2D eigenvalue weighted by molar-refractivity contribution is 5.17. The van der Waals surface area contributed by atoms with Gasteiger partial charge < -0.3 is 10.1 Å². The van der Waals surface area contributed by atoms with Crippen molar-refractivity contribution < 1.29 is 4.74 Å². The van der Waals surface area contributed by atoms with Gasteiger partial charge in [0.2, 0.25) is 0 Å². The molecule has 0 amide bonds. The Morgan fingerprint density at radius 3 is 3.06 bits per heavy atom. The summed E-state index contributed by atoms with van der Waals surface area (Å²) in [4.78, 5) is 0. The third-order valence-corrected chi connectivity index (χ3v) is 2.37. The van der Waals surface area contributed by atoms with Crippen molar-refractivity contribution >= 4 is 6.20 Å². The van der Waals surface area contributed by atoms with E-state index in [1.54, 1.807) is 18.0 Å². The quantitative estimate of drug-likeness (QED) is 0.650. The molecule has 0 aliphatic carbocycles. The molecule has 0 atom stereocenters. The van der Waals surface area contributed by atoms with Gasteiger partial charge in [0.05, 0.1) is 6.20 Å². The number of nitrogens with zero attached hydrogens (tertiary/aromatic N) is 2. The van der Waals surface area contributed by atoms with E-state index in [-0.39, 0.29) is 0 Å². The Balaban J connectivity index is 2.00.